The van der Waals surface area contributed by atoms with Crippen LogP contribution in [0.3, 0.4) is 0 Å². The van der Waals surface area contributed by atoms with Crippen LogP contribution in [-0.2, 0) is 0 Å². The van der Waals surface area contributed by atoms with Crippen molar-refractivity contribution in [3.05, 3.63) is 69.8 Å². The van der Waals surface area contributed by atoms with Crippen LogP contribution in [-0.4, -0.2) is 5.91 Å². The molecule has 1 N–H and O–H groups in total. The Bertz CT molecular complexity index is 673. The number of hydrogen-bond donors (Lipinski definition) is 1. The average molecular weight is 281 g/mol. The third kappa shape index (κ3) is 3.52. The minimum Gasteiger partial charge on any atom is -0.346 e. The molecule has 110 valence electrons. The van der Waals surface area contributed by atoms with E-state index in [2.05, 4.69) is 37.4 Å². The lowest BCUT2D eigenvalue weighted by Crippen LogP contribution is -2.27. The first kappa shape index (κ1) is 15.3. The molecule has 2 aromatic carbocycles. The average Bonchev–Trinajstić information content (AvgIpc) is 2.44. The fraction of sp³-hybridized carbons (Fsp3) is 0.316. The number of aryl methyl sites for hydroxylation is 4. The Balaban J connectivity index is 2.18. The molecule has 0 aliphatic rings. The number of nitrogens with one attached hydrogen (secondary N) is 1. The molecule has 2 nitrogen and oxygen atoms in total. The van der Waals surface area contributed by atoms with Gasteiger partial charge in [-0.25, -0.2) is 0 Å². The molecule has 2 heteroatoms. The van der Waals surface area contributed by atoms with E-state index in [1.165, 1.54) is 11.1 Å². The summed E-state index contributed by atoms with van der Waals surface area (Å²) in [6, 6.07) is 12.3. The second-order valence-corrected chi connectivity index (χ2v) is 5.86. The minimum absolute atomic E-state index is 0.00304. The van der Waals surface area contributed by atoms with Crippen LogP contribution in [0.4, 0.5) is 0 Å². The molecule has 0 heterocycles. The lowest BCUT2D eigenvalue weighted by atomic mass is 10.0. The van der Waals surface area contributed by atoms with Crippen molar-refractivity contribution in [1.29, 1.82) is 0 Å². The molecule has 1 atom stereocenters. The third-order valence-electron chi connectivity index (χ3n) is 4.02. The van der Waals surface area contributed by atoms with Crippen LogP contribution in [0, 0.1) is 27.7 Å². The molecule has 0 saturated heterocycles. The molecule has 0 radical (unpaired) electrons. The van der Waals surface area contributed by atoms with Crippen molar-refractivity contribution in [3.8, 4) is 0 Å². The van der Waals surface area contributed by atoms with Crippen LogP contribution >= 0.6 is 0 Å². The van der Waals surface area contributed by atoms with Gasteiger partial charge in [-0.2, -0.15) is 0 Å². The van der Waals surface area contributed by atoms with E-state index < -0.39 is 0 Å². The van der Waals surface area contributed by atoms with E-state index in [4.69, 9.17) is 0 Å². The van der Waals surface area contributed by atoms with Gasteiger partial charge < -0.3 is 5.32 Å². The van der Waals surface area contributed by atoms with Gasteiger partial charge in [-0.1, -0.05) is 35.9 Å². The summed E-state index contributed by atoms with van der Waals surface area (Å²) in [5.74, 6) is -0.0121. The molecule has 0 aliphatic heterocycles. The number of carbonyl (C=O) groups is 1. The summed E-state index contributed by atoms with van der Waals surface area (Å²) in [4.78, 5) is 12.4. The van der Waals surface area contributed by atoms with E-state index >= 15 is 0 Å². The summed E-state index contributed by atoms with van der Waals surface area (Å²) in [5, 5.41) is 3.09. The Morgan fingerprint density at radius 2 is 1.57 bits per heavy atom. The van der Waals surface area contributed by atoms with E-state index in [0.29, 0.717) is 0 Å². The van der Waals surface area contributed by atoms with Gasteiger partial charge in [0.05, 0.1) is 6.04 Å². The van der Waals surface area contributed by atoms with Crippen molar-refractivity contribution in [2.24, 2.45) is 0 Å². The summed E-state index contributed by atoms with van der Waals surface area (Å²) < 4.78 is 0. The zero-order valence-electron chi connectivity index (χ0n) is 13.4. The predicted molar refractivity (Wildman–Crippen MR) is 87.7 cm³/mol. The number of benzene rings is 2. The van der Waals surface area contributed by atoms with Gasteiger partial charge in [-0.05, 0) is 62.9 Å². The summed E-state index contributed by atoms with van der Waals surface area (Å²) in [7, 11) is 0. The Kier molecular flexibility index (Phi) is 4.46. The van der Waals surface area contributed by atoms with Crippen LogP contribution in [0.15, 0.2) is 36.4 Å². The smallest absolute Gasteiger partial charge is 0.252 e. The normalized spacial score (nSPS) is 12.0. The highest BCUT2D eigenvalue weighted by Gasteiger charge is 2.13. The van der Waals surface area contributed by atoms with Gasteiger partial charge in [0, 0.05) is 5.56 Å². The first-order valence-electron chi connectivity index (χ1n) is 7.33. The van der Waals surface area contributed by atoms with Gasteiger partial charge in [0.15, 0.2) is 0 Å². The van der Waals surface area contributed by atoms with E-state index in [-0.39, 0.29) is 11.9 Å². The first-order valence-corrected chi connectivity index (χ1v) is 7.33. The van der Waals surface area contributed by atoms with Crippen LogP contribution in [0.1, 0.15) is 51.1 Å². The fourth-order valence-electron chi connectivity index (χ4n) is 2.37. The summed E-state index contributed by atoms with van der Waals surface area (Å²) in [6.45, 7) is 10.2. The van der Waals surface area contributed by atoms with E-state index in [9.17, 15) is 4.79 Å². The molecular weight excluding hydrogens is 258 g/mol. The first-order chi connectivity index (χ1) is 9.88. The lowest BCUT2D eigenvalue weighted by molar-refractivity contribution is 0.0939. The molecular formula is C19H23NO. The van der Waals surface area contributed by atoms with Crippen molar-refractivity contribution in [2.45, 2.75) is 40.7 Å². The van der Waals surface area contributed by atoms with E-state index in [1.807, 2.05) is 39.0 Å². The van der Waals surface area contributed by atoms with Crippen LogP contribution in [0.25, 0.3) is 0 Å². The molecule has 0 spiro atoms. The van der Waals surface area contributed by atoms with Gasteiger partial charge in [0.2, 0.25) is 0 Å². The second-order valence-electron chi connectivity index (χ2n) is 5.86. The highest BCUT2D eigenvalue weighted by atomic mass is 16.1. The minimum atomic E-state index is -0.0121. The standard InChI is InChI=1S/C19H23NO/c1-12-6-7-14(3)18(10-12)19(21)20-16(5)17-9-8-13(2)15(4)11-17/h6-11,16H,1-5H3,(H,20,21)/t16-/m1/s1. The summed E-state index contributed by atoms with van der Waals surface area (Å²) in [6.07, 6.45) is 0. The number of carbonyl (C=O) groups excluding carboxylic acids is 1. The Hall–Kier alpha value is -2.09. The maximum atomic E-state index is 12.4. The van der Waals surface area contributed by atoms with Gasteiger partial charge in [-0.15, -0.1) is 0 Å². The Morgan fingerprint density at radius 3 is 2.24 bits per heavy atom. The largest absolute Gasteiger partial charge is 0.346 e. The second kappa shape index (κ2) is 6.13. The van der Waals surface area contributed by atoms with Crippen LogP contribution < -0.4 is 5.32 Å². The van der Waals surface area contributed by atoms with Gasteiger partial charge in [0.1, 0.15) is 0 Å². The molecule has 2 aromatic rings. The molecule has 21 heavy (non-hydrogen) atoms. The maximum absolute atomic E-state index is 12.4. The monoisotopic (exact) mass is 281 g/mol. The van der Waals surface area contributed by atoms with E-state index in [0.717, 1.165) is 22.3 Å². The Morgan fingerprint density at radius 1 is 0.905 bits per heavy atom. The van der Waals surface area contributed by atoms with Crippen molar-refractivity contribution >= 4 is 5.91 Å². The highest BCUT2D eigenvalue weighted by Crippen LogP contribution is 2.18. The molecule has 0 saturated carbocycles. The van der Waals surface area contributed by atoms with Gasteiger partial charge in [0.25, 0.3) is 5.91 Å². The molecule has 0 aliphatic carbocycles. The molecule has 0 fully saturated rings. The van der Waals surface area contributed by atoms with Crippen LogP contribution in [0.2, 0.25) is 0 Å². The lowest BCUT2D eigenvalue weighted by Gasteiger charge is -2.17. The van der Waals surface area contributed by atoms with Crippen LogP contribution in [0.5, 0.6) is 0 Å². The topological polar surface area (TPSA) is 29.1 Å². The third-order valence-corrected chi connectivity index (χ3v) is 4.02. The number of hydrogen-bond acceptors (Lipinski definition) is 1. The van der Waals surface area contributed by atoms with Gasteiger partial charge >= 0.3 is 0 Å². The molecule has 1 amide bonds. The van der Waals surface area contributed by atoms with Crippen molar-refractivity contribution < 1.29 is 4.79 Å². The van der Waals surface area contributed by atoms with Crippen molar-refractivity contribution in [1.82, 2.24) is 5.32 Å². The highest BCUT2D eigenvalue weighted by molar-refractivity contribution is 5.96. The van der Waals surface area contributed by atoms with Crippen molar-refractivity contribution in [3.63, 3.8) is 0 Å². The predicted octanol–water partition coefficient (Wildman–Crippen LogP) is 4.41. The Labute approximate surface area is 127 Å². The van der Waals surface area contributed by atoms with E-state index in [1.54, 1.807) is 0 Å². The molecule has 2 rings (SSSR count). The maximum Gasteiger partial charge on any atom is 0.252 e. The summed E-state index contributed by atoms with van der Waals surface area (Å²) in [5.41, 5.74) is 6.52. The quantitative estimate of drug-likeness (QED) is 0.887. The SMILES string of the molecule is Cc1ccc(C)c(C(=O)N[C@H](C)c2ccc(C)c(C)c2)c1. The number of amides is 1. The molecule has 0 unspecified atom stereocenters. The van der Waals surface area contributed by atoms with Crippen molar-refractivity contribution in [2.75, 3.05) is 0 Å². The molecule has 0 aromatic heterocycles. The zero-order valence-corrected chi connectivity index (χ0v) is 13.4. The molecule has 0 bridgehead atoms. The fourth-order valence-corrected chi connectivity index (χ4v) is 2.37. The number of rotatable bonds is 3. The van der Waals surface area contributed by atoms with Gasteiger partial charge in [-0.3, -0.25) is 4.79 Å². The summed E-state index contributed by atoms with van der Waals surface area (Å²) >= 11 is 0. The zero-order chi connectivity index (χ0) is 15.6.